The Bertz CT molecular complexity index is 385. The first kappa shape index (κ1) is 15.8. The average molecular weight is 268 g/mol. The Morgan fingerprint density at radius 3 is 2.63 bits per heavy atom. The molecule has 1 rings (SSSR count). The van der Waals surface area contributed by atoms with Gasteiger partial charge in [0.2, 0.25) is 0 Å². The molecular weight excluding hydrogens is 244 g/mol. The van der Waals surface area contributed by atoms with Crippen LogP contribution in [0.25, 0.3) is 0 Å². The monoisotopic (exact) mass is 268 g/mol. The summed E-state index contributed by atoms with van der Waals surface area (Å²) in [6, 6.07) is 5.33. The van der Waals surface area contributed by atoms with Crippen molar-refractivity contribution in [3.63, 3.8) is 0 Å². The first-order valence-corrected chi connectivity index (χ1v) is 6.57. The molecule has 0 heterocycles. The van der Waals surface area contributed by atoms with Crippen molar-refractivity contribution in [2.24, 2.45) is 0 Å². The molecule has 0 aliphatic carbocycles. The lowest BCUT2D eigenvalue weighted by molar-refractivity contribution is 0.133. The van der Waals surface area contributed by atoms with Gasteiger partial charge in [0.05, 0.1) is 25.5 Å². The standard InChI is InChI=1S/C14H24N2O3/c1-3-16(8-9-17)7-6-13(18)11-4-5-14(19-2)12(15)10-11/h4-5,10,13,17-18H,3,6-9,15H2,1-2H3. The fourth-order valence-electron chi connectivity index (χ4n) is 2.00. The lowest BCUT2D eigenvalue weighted by Gasteiger charge is -2.21. The van der Waals surface area contributed by atoms with Crippen molar-refractivity contribution in [3.05, 3.63) is 23.8 Å². The summed E-state index contributed by atoms with van der Waals surface area (Å²) in [5, 5.41) is 19.0. The molecule has 1 aromatic rings. The van der Waals surface area contributed by atoms with E-state index in [4.69, 9.17) is 15.6 Å². The molecule has 0 aliphatic rings. The molecule has 0 spiro atoms. The third-order valence-corrected chi connectivity index (χ3v) is 3.22. The van der Waals surface area contributed by atoms with Crippen molar-refractivity contribution < 1.29 is 14.9 Å². The normalized spacial score (nSPS) is 12.7. The molecule has 108 valence electrons. The molecule has 1 aromatic carbocycles. The van der Waals surface area contributed by atoms with Crippen LogP contribution < -0.4 is 10.5 Å². The zero-order valence-electron chi connectivity index (χ0n) is 11.7. The minimum atomic E-state index is -0.555. The molecule has 1 unspecified atom stereocenters. The quantitative estimate of drug-likeness (QED) is 0.613. The highest BCUT2D eigenvalue weighted by molar-refractivity contribution is 5.54. The van der Waals surface area contributed by atoms with Crippen LogP contribution in [-0.2, 0) is 0 Å². The van der Waals surface area contributed by atoms with Crippen molar-refractivity contribution in [3.8, 4) is 5.75 Å². The smallest absolute Gasteiger partial charge is 0.141 e. The average Bonchev–Trinajstić information content (AvgIpc) is 2.42. The van der Waals surface area contributed by atoms with Crippen LogP contribution >= 0.6 is 0 Å². The Labute approximate surface area is 114 Å². The molecule has 0 aromatic heterocycles. The summed E-state index contributed by atoms with van der Waals surface area (Å²) < 4.78 is 5.08. The third kappa shape index (κ3) is 4.70. The zero-order valence-corrected chi connectivity index (χ0v) is 11.7. The molecule has 5 heteroatoms. The van der Waals surface area contributed by atoms with Crippen LogP contribution in [0.1, 0.15) is 25.0 Å². The van der Waals surface area contributed by atoms with Crippen LogP contribution in [0.5, 0.6) is 5.75 Å². The first-order valence-electron chi connectivity index (χ1n) is 6.57. The van der Waals surface area contributed by atoms with Crippen LogP contribution in [0.15, 0.2) is 18.2 Å². The Balaban J connectivity index is 2.57. The SMILES string of the molecule is CCN(CCO)CCC(O)c1ccc(OC)c(N)c1. The lowest BCUT2D eigenvalue weighted by Crippen LogP contribution is -2.28. The van der Waals surface area contributed by atoms with E-state index in [0.717, 1.165) is 18.7 Å². The van der Waals surface area contributed by atoms with E-state index in [2.05, 4.69) is 4.90 Å². The van der Waals surface area contributed by atoms with E-state index in [1.54, 1.807) is 19.2 Å². The highest BCUT2D eigenvalue weighted by Crippen LogP contribution is 2.26. The second-order valence-corrected chi connectivity index (χ2v) is 4.46. The van der Waals surface area contributed by atoms with Gasteiger partial charge >= 0.3 is 0 Å². The number of likely N-dealkylation sites (N-methyl/N-ethyl adjacent to an activating group) is 1. The maximum Gasteiger partial charge on any atom is 0.141 e. The molecular formula is C14H24N2O3. The molecule has 19 heavy (non-hydrogen) atoms. The zero-order chi connectivity index (χ0) is 14.3. The van der Waals surface area contributed by atoms with Gasteiger partial charge in [0.15, 0.2) is 0 Å². The number of hydrogen-bond acceptors (Lipinski definition) is 5. The largest absolute Gasteiger partial charge is 0.495 e. The maximum absolute atomic E-state index is 10.1. The minimum absolute atomic E-state index is 0.138. The number of nitrogens with two attached hydrogens (primary N) is 1. The van der Waals surface area contributed by atoms with Gasteiger partial charge in [-0.05, 0) is 30.7 Å². The summed E-state index contributed by atoms with van der Waals surface area (Å²) in [5.41, 5.74) is 7.14. The summed E-state index contributed by atoms with van der Waals surface area (Å²) in [5.74, 6) is 0.617. The molecule has 0 saturated carbocycles. The predicted octanol–water partition coefficient (Wildman–Crippen LogP) is 1.02. The number of hydrogen-bond donors (Lipinski definition) is 3. The number of nitrogen functional groups attached to an aromatic ring is 1. The third-order valence-electron chi connectivity index (χ3n) is 3.22. The summed E-state index contributed by atoms with van der Waals surface area (Å²) in [6.07, 6.45) is 0.0560. The molecule has 4 N–H and O–H groups in total. The van der Waals surface area contributed by atoms with E-state index >= 15 is 0 Å². The fourth-order valence-corrected chi connectivity index (χ4v) is 2.00. The van der Waals surface area contributed by atoms with E-state index in [1.165, 1.54) is 0 Å². The van der Waals surface area contributed by atoms with Gasteiger partial charge in [-0.25, -0.2) is 0 Å². The van der Waals surface area contributed by atoms with Crippen LogP contribution in [-0.4, -0.2) is 48.5 Å². The number of aliphatic hydroxyl groups is 2. The summed E-state index contributed by atoms with van der Waals surface area (Å²) in [4.78, 5) is 2.09. The molecule has 5 nitrogen and oxygen atoms in total. The van der Waals surface area contributed by atoms with E-state index < -0.39 is 6.10 Å². The highest BCUT2D eigenvalue weighted by Gasteiger charge is 2.11. The minimum Gasteiger partial charge on any atom is -0.495 e. The Hall–Kier alpha value is -1.30. The molecule has 0 fully saturated rings. The van der Waals surface area contributed by atoms with E-state index in [0.29, 0.717) is 24.4 Å². The van der Waals surface area contributed by atoms with Crippen LogP contribution in [0.3, 0.4) is 0 Å². The topological polar surface area (TPSA) is 79.0 Å². The number of benzene rings is 1. The molecule has 0 saturated heterocycles. The van der Waals surface area contributed by atoms with Gasteiger partial charge in [-0.15, -0.1) is 0 Å². The lowest BCUT2D eigenvalue weighted by atomic mass is 10.1. The number of nitrogens with zero attached hydrogens (tertiary/aromatic N) is 1. The Kier molecular flexibility index (Phi) is 6.62. The van der Waals surface area contributed by atoms with Crippen molar-refractivity contribution in [2.75, 3.05) is 39.1 Å². The fraction of sp³-hybridized carbons (Fsp3) is 0.571. The molecule has 0 bridgehead atoms. The van der Waals surface area contributed by atoms with Gasteiger partial charge in [0, 0.05) is 13.1 Å². The molecule has 0 amide bonds. The van der Waals surface area contributed by atoms with Gasteiger partial charge in [0.25, 0.3) is 0 Å². The van der Waals surface area contributed by atoms with Crippen LogP contribution in [0, 0.1) is 0 Å². The van der Waals surface area contributed by atoms with Gasteiger partial charge in [-0.2, -0.15) is 0 Å². The van der Waals surface area contributed by atoms with Gasteiger partial charge in [-0.1, -0.05) is 13.0 Å². The molecule has 0 radical (unpaired) electrons. The number of ether oxygens (including phenoxy) is 1. The molecule has 1 atom stereocenters. The summed E-state index contributed by atoms with van der Waals surface area (Å²) in [6.45, 7) is 4.41. The Morgan fingerprint density at radius 2 is 2.11 bits per heavy atom. The second-order valence-electron chi connectivity index (χ2n) is 4.46. The summed E-state index contributed by atoms with van der Waals surface area (Å²) >= 11 is 0. The van der Waals surface area contributed by atoms with Crippen molar-refractivity contribution in [2.45, 2.75) is 19.4 Å². The van der Waals surface area contributed by atoms with Gasteiger partial charge < -0.3 is 25.6 Å². The van der Waals surface area contributed by atoms with E-state index in [1.807, 2.05) is 13.0 Å². The highest BCUT2D eigenvalue weighted by atomic mass is 16.5. The first-order chi connectivity index (χ1) is 9.12. The van der Waals surface area contributed by atoms with E-state index in [9.17, 15) is 5.11 Å². The van der Waals surface area contributed by atoms with Crippen LogP contribution in [0.2, 0.25) is 0 Å². The maximum atomic E-state index is 10.1. The van der Waals surface area contributed by atoms with Crippen molar-refractivity contribution >= 4 is 5.69 Å². The molecule has 0 aliphatic heterocycles. The number of rotatable bonds is 8. The second kappa shape index (κ2) is 7.99. The number of aliphatic hydroxyl groups excluding tert-OH is 2. The van der Waals surface area contributed by atoms with Gasteiger partial charge in [0.1, 0.15) is 5.75 Å². The predicted molar refractivity (Wildman–Crippen MR) is 76.2 cm³/mol. The Morgan fingerprint density at radius 1 is 1.37 bits per heavy atom. The van der Waals surface area contributed by atoms with Crippen LogP contribution in [0.4, 0.5) is 5.69 Å². The number of methoxy groups -OCH3 is 1. The van der Waals surface area contributed by atoms with Gasteiger partial charge in [-0.3, -0.25) is 0 Å². The van der Waals surface area contributed by atoms with E-state index in [-0.39, 0.29) is 6.61 Å². The summed E-state index contributed by atoms with van der Waals surface area (Å²) in [7, 11) is 1.57. The van der Waals surface area contributed by atoms with Crippen molar-refractivity contribution in [1.82, 2.24) is 4.90 Å². The number of anilines is 1. The van der Waals surface area contributed by atoms with Crippen molar-refractivity contribution in [1.29, 1.82) is 0 Å².